The highest BCUT2D eigenvalue weighted by Crippen LogP contribution is 2.36. The van der Waals surface area contributed by atoms with Crippen LogP contribution in [-0.2, 0) is 19.9 Å². The summed E-state index contributed by atoms with van der Waals surface area (Å²) in [5, 5.41) is 19.0. The Kier molecular flexibility index (Phi) is 6.00. The third kappa shape index (κ3) is 4.02. The predicted molar refractivity (Wildman–Crippen MR) is 107 cm³/mol. The van der Waals surface area contributed by atoms with Crippen LogP contribution in [0.15, 0.2) is 46.3 Å². The van der Waals surface area contributed by atoms with Crippen molar-refractivity contribution in [3.8, 4) is 0 Å². The molecule has 158 valence electrons. The molecule has 0 aliphatic carbocycles. The van der Waals surface area contributed by atoms with Gasteiger partial charge < -0.3 is 10.2 Å². The largest absolute Gasteiger partial charge is 0.393 e. The third-order valence-corrected chi connectivity index (χ3v) is 9.56. The first-order chi connectivity index (χ1) is 13.4. The fourth-order valence-corrected chi connectivity index (χ4v) is 7.41. The topological polar surface area (TPSA) is 125 Å². The van der Waals surface area contributed by atoms with E-state index < -0.39 is 50.4 Å². The van der Waals surface area contributed by atoms with Gasteiger partial charge in [-0.05, 0) is 37.3 Å². The molecule has 2 aromatic rings. The minimum atomic E-state index is -4.26. The van der Waals surface area contributed by atoms with E-state index in [-0.39, 0.29) is 19.8 Å². The molecule has 1 fully saturated rings. The standard InChI is InChI=1S/C17H18Cl2N2O6S2/c1-11-2-4-13(7-20-11)28(24,25)16-8-21(9-17(16,23)10-22)29(26,27)15-5-3-12(18)6-14(15)19/h2-7,16,22-23H,8-10H2,1H3/t16-,17+/m0/s1. The second kappa shape index (κ2) is 7.77. The number of pyridine rings is 1. The van der Waals surface area contributed by atoms with Gasteiger partial charge in [0.25, 0.3) is 0 Å². The fourth-order valence-electron chi connectivity index (χ4n) is 3.16. The summed E-state index contributed by atoms with van der Waals surface area (Å²) in [6, 6.07) is 6.59. The fraction of sp³-hybridized carbons (Fsp3) is 0.353. The van der Waals surface area contributed by atoms with Crippen molar-refractivity contribution in [2.24, 2.45) is 0 Å². The Bertz CT molecular complexity index is 1140. The second-order valence-corrected chi connectivity index (χ2v) is 11.7. The van der Waals surface area contributed by atoms with Crippen molar-refractivity contribution in [2.75, 3.05) is 19.7 Å². The van der Waals surface area contributed by atoms with Crippen LogP contribution in [0, 0.1) is 6.92 Å². The number of hydrogen-bond donors (Lipinski definition) is 2. The van der Waals surface area contributed by atoms with Crippen LogP contribution in [0.1, 0.15) is 5.69 Å². The molecule has 1 aromatic heterocycles. The number of aliphatic hydroxyl groups excluding tert-OH is 1. The van der Waals surface area contributed by atoms with E-state index in [0.29, 0.717) is 5.69 Å². The van der Waals surface area contributed by atoms with Crippen molar-refractivity contribution in [1.29, 1.82) is 0 Å². The van der Waals surface area contributed by atoms with Gasteiger partial charge in [0.2, 0.25) is 10.0 Å². The molecule has 1 aromatic carbocycles. The van der Waals surface area contributed by atoms with Crippen molar-refractivity contribution in [1.82, 2.24) is 9.29 Å². The van der Waals surface area contributed by atoms with Gasteiger partial charge in [-0.1, -0.05) is 23.2 Å². The highest BCUT2D eigenvalue weighted by atomic mass is 35.5. The maximum absolute atomic E-state index is 13.1. The van der Waals surface area contributed by atoms with Crippen LogP contribution < -0.4 is 0 Å². The Balaban J connectivity index is 2.03. The number of sulfonamides is 1. The van der Waals surface area contributed by atoms with Crippen molar-refractivity contribution in [3.63, 3.8) is 0 Å². The summed E-state index contributed by atoms with van der Waals surface area (Å²) in [5.41, 5.74) is -1.61. The van der Waals surface area contributed by atoms with Crippen molar-refractivity contribution >= 4 is 43.1 Å². The van der Waals surface area contributed by atoms with Crippen molar-refractivity contribution in [3.05, 3.63) is 52.3 Å². The molecule has 0 spiro atoms. The first-order valence-electron chi connectivity index (χ1n) is 8.37. The second-order valence-electron chi connectivity index (χ2n) is 6.80. The monoisotopic (exact) mass is 480 g/mol. The lowest BCUT2D eigenvalue weighted by molar-refractivity contribution is 0.00160. The lowest BCUT2D eigenvalue weighted by atomic mass is 10.1. The predicted octanol–water partition coefficient (Wildman–Crippen LogP) is 1.27. The van der Waals surface area contributed by atoms with E-state index in [1.54, 1.807) is 6.92 Å². The number of nitrogens with zero attached hydrogens (tertiary/aromatic N) is 2. The van der Waals surface area contributed by atoms with Crippen LogP contribution >= 0.6 is 23.2 Å². The molecule has 2 N–H and O–H groups in total. The third-order valence-electron chi connectivity index (χ3n) is 4.79. The molecule has 1 aliphatic heterocycles. The Morgan fingerprint density at radius 3 is 2.45 bits per heavy atom. The maximum atomic E-state index is 13.1. The van der Waals surface area contributed by atoms with Gasteiger partial charge in [0.1, 0.15) is 15.7 Å². The first-order valence-corrected chi connectivity index (χ1v) is 12.1. The normalized spacial score (nSPS) is 23.4. The van der Waals surface area contributed by atoms with Crippen LogP contribution in [0.4, 0.5) is 0 Å². The lowest BCUT2D eigenvalue weighted by Gasteiger charge is -2.26. The Morgan fingerprint density at radius 1 is 1.21 bits per heavy atom. The molecule has 8 nitrogen and oxygen atoms in total. The Hall–Kier alpha value is -1.27. The molecular formula is C17H18Cl2N2O6S2. The molecule has 0 saturated carbocycles. The highest BCUT2D eigenvalue weighted by Gasteiger charge is 2.55. The van der Waals surface area contributed by atoms with E-state index in [0.717, 1.165) is 10.5 Å². The van der Waals surface area contributed by atoms with Gasteiger partial charge in [-0.15, -0.1) is 0 Å². The summed E-state index contributed by atoms with van der Waals surface area (Å²) in [5.74, 6) is 0. The molecule has 12 heteroatoms. The lowest BCUT2D eigenvalue weighted by Crippen LogP contribution is -2.49. The van der Waals surface area contributed by atoms with Gasteiger partial charge in [-0.3, -0.25) is 4.98 Å². The number of rotatable bonds is 5. The number of hydrogen-bond acceptors (Lipinski definition) is 7. The van der Waals surface area contributed by atoms with Crippen molar-refractivity contribution < 1.29 is 27.0 Å². The van der Waals surface area contributed by atoms with Gasteiger partial charge in [-0.25, -0.2) is 16.8 Å². The molecule has 2 heterocycles. The number of sulfone groups is 1. The summed E-state index contributed by atoms with van der Waals surface area (Å²) in [7, 11) is -8.46. The van der Waals surface area contributed by atoms with Crippen LogP contribution in [-0.4, -0.2) is 66.9 Å². The summed E-state index contributed by atoms with van der Waals surface area (Å²) in [6.07, 6.45) is 1.13. The summed E-state index contributed by atoms with van der Waals surface area (Å²) in [6.45, 7) is -0.445. The summed E-state index contributed by atoms with van der Waals surface area (Å²) >= 11 is 11.8. The summed E-state index contributed by atoms with van der Waals surface area (Å²) in [4.78, 5) is 3.48. The molecule has 0 amide bonds. The van der Waals surface area contributed by atoms with Gasteiger partial charge in [0.05, 0.1) is 16.5 Å². The average molecular weight is 481 g/mol. The molecular weight excluding hydrogens is 463 g/mol. The maximum Gasteiger partial charge on any atom is 0.244 e. The molecule has 2 atom stereocenters. The van der Waals surface area contributed by atoms with Gasteiger partial charge in [0.15, 0.2) is 9.84 Å². The van der Waals surface area contributed by atoms with E-state index in [1.165, 1.54) is 30.3 Å². The highest BCUT2D eigenvalue weighted by molar-refractivity contribution is 7.92. The molecule has 3 rings (SSSR count). The number of benzene rings is 1. The van der Waals surface area contributed by atoms with Crippen LogP contribution in [0.25, 0.3) is 0 Å². The van der Waals surface area contributed by atoms with Crippen LogP contribution in [0.3, 0.4) is 0 Å². The zero-order chi connectivity index (χ0) is 21.6. The van der Waals surface area contributed by atoms with E-state index in [4.69, 9.17) is 23.2 Å². The van der Waals surface area contributed by atoms with E-state index in [2.05, 4.69) is 4.98 Å². The Morgan fingerprint density at radius 2 is 1.90 bits per heavy atom. The first kappa shape index (κ1) is 22.4. The summed E-state index contributed by atoms with van der Waals surface area (Å²) < 4.78 is 53.0. The molecule has 0 bridgehead atoms. The zero-order valence-electron chi connectivity index (χ0n) is 15.2. The van der Waals surface area contributed by atoms with E-state index >= 15 is 0 Å². The smallest absolute Gasteiger partial charge is 0.244 e. The SMILES string of the molecule is Cc1ccc(S(=O)(=O)[C@H]2CN(S(=O)(=O)c3ccc(Cl)cc3Cl)C[C@@]2(O)CO)cn1. The van der Waals surface area contributed by atoms with Gasteiger partial charge >= 0.3 is 0 Å². The van der Waals surface area contributed by atoms with Crippen LogP contribution in [0.5, 0.6) is 0 Å². The minimum Gasteiger partial charge on any atom is -0.393 e. The molecule has 1 saturated heterocycles. The van der Waals surface area contributed by atoms with Crippen LogP contribution in [0.2, 0.25) is 10.0 Å². The van der Waals surface area contributed by atoms with Gasteiger partial charge in [-0.2, -0.15) is 4.31 Å². The van der Waals surface area contributed by atoms with E-state index in [1.807, 2.05) is 0 Å². The zero-order valence-corrected chi connectivity index (χ0v) is 18.3. The Labute approximate surface area is 178 Å². The van der Waals surface area contributed by atoms with Gasteiger partial charge in [0, 0.05) is 30.0 Å². The average Bonchev–Trinajstić information content (AvgIpc) is 3.02. The molecule has 0 unspecified atom stereocenters. The number of aryl methyl sites for hydroxylation is 1. The number of aliphatic hydroxyl groups is 2. The number of aromatic nitrogens is 1. The molecule has 1 aliphatic rings. The van der Waals surface area contributed by atoms with E-state index in [9.17, 15) is 27.0 Å². The quantitative estimate of drug-likeness (QED) is 0.659. The number of β-amino-alcohol motifs (C(OH)–C–C–N with tert-alkyl or cyclic N) is 1. The molecule has 29 heavy (non-hydrogen) atoms. The molecule has 0 radical (unpaired) electrons. The minimum absolute atomic E-state index is 0.140. The number of halogens is 2. The van der Waals surface area contributed by atoms with Crippen molar-refractivity contribution in [2.45, 2.75) is 27.6 Å².